The van der Waals surface area contributed by atoms with E-state index in [9.17, 15) is 5.11 Å². The SMILES string of the molecule is Oc1ccc(/C=C/c2ccc3c(c2)OCO3)cc1. The first-order valence-corrected chi connectivity index (χ1v) is 5.68. The van der Waals surface area contributed by atoms with E-state index >= 15 is 0 Å². The minimum atomic E-state index is 0.273. The van der Waals surface area contributed by atoms with E-state index in [0.29, 0.717) is 6.79 Å². The molecule has 0 fully saturated rings. The molecule has 0 unspecified atom stereocenters. The van der Waals surface area contributed by atoms with Crippen molar-refractivity contribution in [2.24, 2.45) is 0 Å². The lowest BCUT2D eigenvalue weighted by Crippen LogP contribution is -1.92. The Morgan fingerprint density at radius 3 is 2.33 bits per heavy atom. The molecule has 0 spiro atoms. The number of phenolic OH excluding ortho intramolecular Hbond substituents is 1. The maximum absolute atomic E-state index is 9.19. The summed E-state index contributed by atoms with van der Waals surface area (Å²) in [5.74, 6) is 1.84. The molecule has 18 heavy (non-hydrogen) atoms. The van der Waals surface area contributed by atoms with Crippen LogP contribution in [0.5, 0.6) is 17.2 Å². The Morgan fingerprint density at radius 1 is 0.833 bits per heavy atom. The van der Waals surface area contributed by atoms with Gasteiger partial charge in [-0.3, -0.25) is 0 Å². The molecule has 0 atom stereocenters. The second-order valence-electron chi connectivity index (χ2n) is 4.04. The minimum absolute atomic E-state index is 0.273. The van der Waals surface area contributed by atoms with Crippen LogP contribution in [0.4, 0.5) is 0 Å². The van der Waals surface area contributed by atoms with E-state index in [1.807, 2.05) is 42.5 Å². The number of hydrogen-bond donors (Lipinski definition) is 1. The summed E-state index contributed by atoms with van der Waals surface area (Å²) >= 11 is 0. The largest absolute Gasteiger partial charge is 0.508 e. The van der Waals surface area contributed by atoms with Crippen molar-refractivity contribution in [3.05, 3.63) is 53.6 Å². The molecule has 3 nitrogen and oxygen atoms in total. The third kappa shape index (κ3) is 2.15. The summed E-state index contributed by atoms with van der Waals surface area (Å²) in [5.41, 5.74) is 2.08. The fraction of sp³-hybridized carbons (Fsp3) is 0.0667. The summed E-state index contributed by atoms with van der Waals surface area (Å²) in [4.78, 5) is 0. The van der Waals surface area contributed by atoms with Gasteiger partial charge < -0.3 is 14.6 Å². The van der Waals surface area contributed by atoms with Gasteiger partial charge in [0.15, 0.2) is 11.5 Å². The molecule has 2 aromatic carbocycles. The third-order valence-corrected chi connectivity index (χ3v) is 2.76. The van der Waals surface area contributed by atoms with Crippen LogP contribution in [0.3, 0.4) is 0 Å². The predicted octanol–water partition coefficient (Wildman–Crippen LogP) is 3.29. The minimum Gasteiger partial charge on any atom is -0.508 e. The van der Waals surface area contributed by atoms with Crippen molar-refractivity contribution >= 4 is 12.2 Å². The smallest absolute Gasteiger partial charge is 0.231 e. The molecule has 1 aliphatic heterocycles. The lowest BCUT2D eigenvalue weighted by Gasteiger charge is -1.98. The highest BCUT2D eigenvalue weighted by molar-refractivity contribution is 5.71. The molecule has 1 N–H and O–H groups in total. The van der Waals surface area contributed by atoms with Crippen LogP contribution in [0.2, 0.25) is 0 Å². The molecular formula is C15H12O3. The Bertz CT molecular complexity index is 585. The molecule has 0 aromatic heterocycles. The molecule has 1 aliphatic rings. The average molecular weight is 240 g/mol. The van der Waals surface area contributed by atoms with Gasteiger partial charge in [0.2, 0.25) is 6.79 Å². The van der Waals surface area contributed by atoms with E-state index in [2.05, 4.69) is 0 Å². The molecule has 3 rings (SSSR count). The number of benzene rings is 2. The van der Waals surface area contributed by atoms with Crippen LogP contribution in [0, 0.1) is 0 Å². The van der Waals surface area contributed by atoms with E-state index in [4.69, 9.17) is 9.47 Å². The summed E-state index contributed by atoms with van der Waals surface area (Å²) in [6, 6.07) is 12.9. The topological polar surface area (TPSA) is 38.7 Å². The molecule has 0 saturated carbocycles. The molecule has 1 heterocycles. The highest BCUT2D eigenvalue weighted by Crippen LogP contribution is 2.32. The van der Waals surface area contributed by atoms with Gasteiger partial charge in [-0.25, -0.2) is 0 Å². The second kappa shape index (κ2) is 4.45. The zero-order valence-corrected chi connectivity index (χ0v) is 9.67. The van der Waals surface area contributed by atoms with Gasteiger partial charge in [0.1, 0.15) is 5.75 Å². The van der Waals surface area contributed by atoms with Crippen LogP contribution >= 0.6 is 0 Å². The van der Waals surface area contributed by atoms with Gasteiger partial charge in [-0.2, -0.15) is 0 Å². The number of rotatable bonds is 2. The normalized spacial score (nSPS) is 13.1. The molecule has 0 amide bonds. The van der Waals surface area contributed by atoms with Gasteiger partial charge in [0, 0.05) is 0 Å². The Hall–Kier alpha value is -2.42. The Kier molecular flexibility index (Phi) is 2.65. The van der Waals surface area contributed by atoms with Gasteiger partial charge in [-0.15, -0.1) is 0 Å². The first-order valence-electron chi connectivity index (χ1n) is 5.68. The molecule has 0 bridgehead atoms. The van der Waals surface area contributed by atoms with Crippen molar-refractivity contribution in [1.82, 2.24) is 0 Å². The molecule has 0 saturated heterocycles. The summed E-state index contributed by atoms with van der Waals surface area (Å²) in [6.45, 7) is 0.292. The third-order valence-electron chi connectivity index (χ3n) is 2.76. The van der Waals surface area contributed by atoms with Crippen molar-refractivity contribution < 1.29 is 14.6 Å². The van der Waals surface area contributed by atoms with Crippen LogP contribution < -0.4 is 9.47 Å². The van der Waals surface area contributed by atoms with Gasteiger partial charge in [-0.05, 0) is 35.4 Å². The Morgan fingerprint density at radius 2 is 1.50 bits per heavy atom. The van der Waals surface area contributed by atoms with Crippen LogP contribution in [-0.2, 0) is 0 Å². The van der Waals surface area contributed by atoms with Crippen LogP contribution in [-0.4, -0.2) is 11.9 Å². The number of aromatic hydroxyl groups is 1. The monoisotopic (exact) mass is 240 g/mol. The zero-order valence-electron chi connectivity index (χ0n) is 9.67. The fourth-order valence-corrected chi connectivity index (χ4v) is 1.79. The zero-order chi connectivity index (χ0) is 12.4. The lowest BCUT2D eigenvalue weighted by molar-refractivity contribution is 0.174. The first-order chi connectivity index (χ1) is 8.81. The second-order valence-corrected chi connectivity index (χ2v) is 4.04. The summed E-state index contributed by atoms with van der Waals surface area (Å²) in [7, 11) is 0. The summed E-state index contributed by atoms with van der Waals surface area (Å²) < 4.78 is 10.6. The summed E-state index contributed by atoms with van der Waals surface area (Å²) in [6.07, 6.45) is 3.98. The molecular weight excluding hydrogens is 228 g/mol. The number of fused-ring (bicyclic) bond motifs is 1. The fourth-order valence-electron chi connectivity index (χ4n) is 1.79. The van der Waals surface area contributed by atoms with Crippen molar-refractivity contribution in [1.29, 1.82) is 0 Å². The number of ether oxygens (including phenoxy) is 2. The van der Waals surface area contributed by atoms with Crippen molar-refractivity contribution in [2.75, 3.05) is 6.79 Å². The molecule has 2 aromatic rings. The average Bonchev–Trinajstić information content (AvgIpc) is 2.85. The van der Waals surface area contributed by atoms with E-state index in [1.54, 1.807) is 12.1 Å². The van der Waals surface area contributed by atoms with E-state index in [1.165, 1.54) is 0 Å². The predicted molar refractivity (Wildman–Crippen MR) is 69.6 cm³/mol. The molecule has 3 heteroatoms. The van der Waals surface area contributed by atoms with Crippen molar-refractivity contribution in [2.45, 2.75) is 0 Å². The molecule has 0 aliphatic carbocycles. The highest BCUT2D eigenvalue weighted by Gasteiger charge is 2.11. The Balaban J connectivity index is 1.82. The van der Waals surface area contributed by atoms with Crippen LogP contribution in [0.15, 0.2) is 42.5 Å². The van der Waals surface area contributed by atoms with E-state index in [-0.39, 0.29) is 5.75 Å². The van der Waals surface area contributed by atoms with Crippen molar-refractivity contribution in [3.8, 4) is 17.2 Å². The van der Waals surface area contributed by atoms with Crippen LogP contribution in [0.1, 0.15) is 11.1 Å². The van der Waals surface area contributed by atoms with Crippen LogP contribution in [0.25, 0.3) is 12.2 Å². The molecule has 90 valence electrons. The lowest BCUT2D eigenvalue weighted by atomic mass is 10.1. The first kappa shape index (κ1) is 10.7. The van der Waals surface area contributed by atoms with Gasteiger partial charge in [0.05, 0.1) is 0 Å². The number of phenols is 1. The quantitative estimate of drug-likeness (QED) is 0.818. The standard InChI is InChI=1S/C15H12O3/c16-13-6-3-11(4-7-13)1-2-12-5-8-14-15(9-12)18-10-17-14/h1-9,16H,10H2/b2-1+. The van der Waals surface area contributed by atoms with E-state index < -0.39 is 0 Å². The highest BCUT2D eigenvalue weighted by atomic mass is 16.7. The van der Waals surface area contributed by atoms with Gasteiger partial charge in [-0.1, -0.05) is 30.4 Å². The maximum Gasteiger partial charge on any atom is 0.231 e. The maximum atomic E-state index is 9.19. The number of hydrogen-bond acceptors (Lipinski definition) is 3. The van der Waals surface area contributed by atoms with Crippen molar-refractivity contribution in [3.63, 3.8) is 0 Å². The molecule has 0 radical (unpaired) electrons. The van der Waals surface area contributed by atoms with Gasteiger partial charge >= 0.3 is 0 Å². The van der Waals surface area contributed by atoms with Gasteiger partial charge in [0.25, 0.3) is 0 Å². The summed E-state index contributed by atoms with van der Waals surface area (Å²) in [5, 5.41) is 9.19. The Labute approximate surface area is 105 Å². The van der Waals surface area contributed by atoms with E-state index in [0.717, 1.165) is 22.6 Å².